The number of nitrogens with zero attached hydrogens (tertiary/aromatic N) is 5. The molecule has 0 spiro atoms. The number of β-lactam (4-membered cyclic amide) rings is 1. The summed E-state index contributed by atoms with van der Waals surface area (Å²) in [6, 6.07) is 1.58. The number of hydrogen-bond donors (Lipinski definition) is 2. The van der Waals surface area contributed by atoms with E-state index in [2.05, 4.69) is 10.1 Å². The molecule has 0 bridgehead atoms. The molecule has 2 saturated heterocycles. The Hall–Kier alpha value is -3.43. The van der Waals surface area contributed by atoms with E-state index in [0.717, 1.165) is 23.3 Å². The average Bonchev–Trinajstić information content (AvgIpc) is 3.16. The zero-order chi connectivity index (χ0) is 21.4. The van der Waals surface area contributed by atoms with Crippen LogP contribution >= 0.6 is 0 Å². The van der Waals surface area contributed by atoms with E-state index in [1.807, 2.05) is 13.2 Å². The van der Waals surface area contributed by atoms with Crippen molar-refractivity contribution in [1.82, 2.24) is 24.6 Å². The molecule has 3 atom stereocenters. The highest BCUT2D eigenvalue weighted by Crippen LogP contribution is 2.34. The topological polar surface area (TPSA) is 135 Å². The van der Waals surface area contributed by atoms with Gasteiger partial charge in [0.25, 0.3) is 0 Å². The normalized spacial score (nSPS) is 23.9. The Balaban J connectivity index is 1.47. The molecule has 2 aromatic rings. The Kier molecular flexibility index (Phi) is 5.15. The van der Waals surface area contributed by atoms with E-state index in [-0.39, 0.29) is 12.3 Å². The van der Waals surface area contributed by atoms with Crippen LogP contribution in [0.4, 0.5) is 10.6 Å². The van der Waals surface area contributed by atoms with Gasteiger partial charge in [-0.3, -0.25) is 9.48 Å². The summed E-state index contributed by atoms with van der Waals surface area (Å²) < 4.78 is 1.71. The summed E-state index contributed by atoms with van der Waals surface area (Å²) in [5.41, 5.74) is 7.42. The summed E-state index contributed by atoms with van der Waals surface area (Å²) in [5.74, 6) is -2.03. The first kappa shape index (κ1) is 19.9. The molecule has 10 nitrogen and oxygen atoms in total. The van der Waals surface area contributed by atoms with Gasteiger partial charge in [0.1, 0.15) is 5.82 Å². The van der Waals surface area contributed by atoms with Crippen molar-refractivity contribution < 1.29 is 19.5 Å². The number of anilines is 1. The molecule has 0 radical (unpaired) electrons. The monoisotopic (exact) mass is 412 g/mol. The Bertz CT molecular complexity index is 989. The van der Waals surface area contributed by atoms with Crippen LogP contribution in [-0.4, -0.2) is 66.7 Å². The first-order valence-corrected chi connectivity index (χ1v) is 9.89. The number of nitrogen functional groups attached to an aromatic ring is 1. The molecule has 2 aliphatic heterocycles. The number of aryl methyl sites for hydroxylation is 1. The lowest BCUT2D eigenvalue weighted by atomic mass is 9.82. The van der Waals surface area contributed by atoms with Crippen LogP contribution in [0.5, 0.6) is 0 Å². The van der Waals surface area contributed by atoms with E-state index in [4.69, 9.17) is 5.73 Å². The molecule has 0 aromatic carbocycles. The molecule has 30 heavy (non-hydrogen) atoms. The SMILES string of the molecule is Cn1cc(C2CCCN(C(=O)N3C(=O)C(Cc4ccnc(N)c4)[C@H]3C(=O)O)C2)cn1. The van der Waals surface area contributed by atoms with Crippen LogP contribution in [0.2, 0.25) is 0 Å². The van der Waals surface area contributed by atoms with E-state index >= 15 is 0 Å². The number of piperidine rings is 1. The van der Waals surface area contributed by atoms with E-state index in [1.165, 1.54) is 6.20 Å². The number of hydrogen-bond acceptors (Lipinski definition) is 6. The lowest BCUT2D eigenvalue weighted by molar-refractivity contribution is -0.166. The summed E-state index contributed by atoms with van der Waals surface area (Å²) in [5, 5.41) is 13.9. The number of carbonyl (C=O) groups is 3. The molecule has 10 heteroatoms. The fraction of sp³-hybridized carbons (Fsp3) is 0.450. The summed E-state index contributed by atoms with van der Waals surface area (Å²) in [4.78, 5) is 44.1. The fourth-order valence-electron chi connectivity index (χ4n) is 4.34. The Morgan fingerprint density at radius 3 is 2.83 bits per heavy atom. The van der Waals surface area contributed by atoms with E-state index in [9.17, 15) is 19.5 Å². The summed E-state index contributed by atoms with van der Waals surface area (Å²) in [6.07, 6.45) is 7.11. The third kappa shape index (κ3) is 3.60. The van der Waals surface area contributed by atoms with Crippen LogP contribution in [-0.2, 0) is 23.1 Å². The number of nitrogens with two attached hydrogens (primary N) is 1. The van der Waals surface area contributed by atoms with Gasteiger partial charge in [0.05, 0.1) is 12.1 Å². The van der Waals surface area contributed by atoms with Gasteiger partial charge in [0.15, 0.2) is 6.04 Å². The van der Waals surface area contributed by atoms with Crippen molar-refractivity contribution in [2.75, 3.05) is 18.8 Å². The number of aliphatic carboxylic acids is 1. The van der Waals surface area contributed by atoms with Gasteiger partial charge < -0.3 is 15.7 Å². The molecule has 2 fully saturated rings. The van der Waals surface area contributed by atoms with Crippen LogP contribution < -0.4 is 5.73 Å². The number of carboxylic acid groups (broad SMARTS) is 1. The summed E-state index contributed by atoms with van der Waals surface area (Å²) in [7, 11) is 1.84. The molecule has 0 aliphatic carbocycles. The largest absolute Gasteiger partial charge is 0.480 e. The second-order valence-corrected chi connectivity index (χ2v) is 7.91. The van der Waals surface area contributed by atoms with E-state index < -0.39 is 29.9 Å². The van der Waals surface area contributed by atoms with Crippen molar-refractivity contribution in [2.45, 2.75) is 31.2 Å². The van der Waals surface area contributed by atoms with Gasteiger partial charge >= 0.3 is 12.0 Å². The van der Waals surface area contributed by atoms with Crippen molar-refractivity contribution in [3.05, 3.63) is 41.9 Å². The second kappa shape index (κ2) is 7.77. The van der Waals surface area contributed by atoms with Crippen molar-refractivity contribution in [1.29, 1.82) is 0 Å². The molecule has 4 rings (SSSR count). The molecule has 2 aliphatic rings. The van der Waals surface area contributed by atoms with Crippen molar-refractivity contribution in [3.63, 3.8) is 0 Å². The van der Waals surface area contributed by atoms with Gasteiger partial charge in [0.2, 0.25) is 5.91 Å². The highest BCUT2D eigenvalue weighted by Gasteiger charge is 2.55. The third-order valence-electron chi connectivity index (χ3n) is 5.86. The first-order chi connectivity index (χ1) is 14.3. The standard InChI is InChI=1S/C20H24N6O4/c1-24-10-14(9-23-24)13-3-2-6-25(11-13)20(30)26-17(19(28)29)15(18(26)27)7-12-4-5-22-16(21)8-12/h4-5,8-10,13,15,17H,2-3,6-7,11H2,1H3,(H2,21,22)(H,28,29)/t13?,15?,17-/m0/s1. The molecule has 2 aromatic heterocycles. The molecular formula is C20H24N6O4. The Morgan fingerprint density at radius 2 is 2.17 bits per heavy atom. The van der Waals surface area contributed by atoms with Crippen molar-refractivity contribution in [3.8, 4) is 0 Å². The molecule has 4 heterocycles. The van der Waals surface area contributed by atoms with Gasteiger partial charge in [0, 0.05) is 38.4 Å². The maximum absolute atomic E-state index is 13.1. The fourth-order valence-corrected chi connectivity index (χ4v) is 4.34. The van der Waals surface area contributed by atoms with E-state index in [0.29, 0.717) is 24.5 Å². The summed E-state index contributed by atoms with van der Waals surface area (Å²) in [6.45, 7) is 0.934. The zero-order valence-electron chi connectivity index (χ0n) is 16.6. The minimum atomic E-state index is -1.18. The average molecular weight is 412 g/mol. The van der Waals surface area contributed by atoms with Crippen LogP contribution in [0.15, 0.2) is 30.7 Å². The van der Waals surface area contributed by atoms with Gasteiger partial charge in [-0.25, -0.2) is 19.5 Å². The zero-order valence-corrected chi connectivity index (χ0v) is 16.6. The second-order valence-electron chi connectivity index (χ2n) is 7.91. The lowest BCUT2D eigenvalue weighted by Gasteiger charge is -2.46. The van der Waals surface area contributed by atoms with Crippen molar-refractivity contribution in [2.24, 2.45) is 13.0 Å². The predicted octanol–water partition coefficient (Wildman–Crippen LogP) is 0.851. The van der Waals surface area contributed by atoms with Gasteiger partial charge in [-0.2, -0.15) is 5.10 Å². The molecule has 2 unspecified atom stereocenters. The van der Waals surface area contributed by atoms with Crippen LogP contribution in [0, 0.1) is 5.92 Å². The van der Waals surface area contributed by atoms with E-state index in [1.54, 1.807) is 27.9 Å². The van der Waals surface area contributed by atoms with Crippen LogP contribution in [0.3, 0.4) is 0 Å². The smallest absolute Gasteiger partial charge is 0.327 e. The number of carbonyl (C=O) groups excluding carboxylic acids is 2. The number of likely N-dealkylation sites (tertiary alicyclic amines) is 2. The third-order valence-corrected chi connectivity index (χ3v) is 5.86. The van der Waals surface area contributed by atoms with Crippen LogP contribution in [0.1, 0.15) is 29.9 Å². The van der Waals surface area contributed by atoms with Gasteiger partial charge in [-0.05, 0) is 42.5 Å². The Labute approximate surface area is 173 Å². The number of aromatic nitrogens is 3. The van der Waals surface area contributed by atoms with Gasteiger partial charge in [-0.15, -0.1) is 0 Å². The molecule has 3 amide bonds. The summed E-state index contributed by atoms with van der Waals surface area (Å²) >= 11 is 0. The van der Waals surface area contributed by atoms with Crippen molar-refractivity contribution >= 4 is 23.7 Å². The maximum Gasteiger partial charge on any atom is 0.327 e. The number of pyridine rings is 1. The highest BCUT2D eigenvalue weighted by molar-refractivity contribution is 6.07. The minimum Gasteiger partial charge on any atom is -0.480 e. The number of urea groups is 1. The first-order valence-electron chi connectivity index (χ1n) is 9.89. The highest BCUT2D eigenvalue weighted by atomic mass is 16.4. The van der Waals surface area contributed by atoms with Crippen LogP contribution in [0.25, 0.3) is 0 Å². The maximum atomic E-state index is 13.1. The number of imide groups is 1. The number of amides is 3. The minimum absolute atomic E-state index is 0.117. The number of rotatable bonds is 4. The Morgan fingerprint density at radius 1 is 1.37 bits per heavy atom. The molecular weight excluding hydrogens is 388 g/mol. The molecule has 0 saturated carbocycles. The van der Waals surface area contributed by atoms with Gasteiger partial charge in [-0.1, -0.05) is 0 Å². The molecule has 158 valence electrons. The lowest BCUT2D eigenvalue weighted by Crippen LogP contribution is -2.69. The predicted molar refractivity (Wildman–Crippen MR) is 106 cm³/mol. The molecule has 3 N–H and O–H groups in total. The number of carboxylic acids is 1. The quantitative estimate of drug-likeness (QED) is 0.711.